The number of H-pyrrole nitrogens is 1. The lowest BCUT2D eigenvalue weighted by molar-refractivity contribution is -0.119. The number of fused-ring (bicyclic) bond motifs is 1. The highest BCUT2D eigenvalue weighted by Crippen LogP contribution is 2.25. The van der Waals surface area contributed by atoms with Gasteiger partial charge in [-0.25, -0.2) is 4.79 Å². The van der Waals surface area contributed by atoms with Crippen molar-refractivity contribution in [3.05, 3.63) is 30.1 Å². The molecule has 0 unspecified atom stereocenters. The van der Waals surface area contributed by atoms with E-state index >= 15 is 0 Å². The van der Waals surface area contributed by atoms with E-state index in [9.17, 15) is 9.59 Å². The summed E-state index contributed by atoms with van der Waals surface area (Å²) in [7, 11) is 0. The van der Waals surface area contributed by atoms with E-state index in [1.807, 2.05) is 6.07 Å². The minimum Gasteiger partial charge on any atom is -0.443 e. The summed E-state index contributed by atoms with van der Waals surface area (Å²) in [5, 5.41) is 1.80. The Labute approximate surface area is 128 Å². The molecule has 0 radical (unpaired) electrons. The molecule has 0 aliphatic carbocycles. The Bertz CT molecular complexity index is 618. The molecule has 2 rings (SSSR count). The highest BCUT2D eigenvalue weighted by atomic mass is 35.6. The van der Waals surface area contributed by atoms with Gasteiger partial charge in [0.1, 0.15) is 6.61 Å². The summed E-state index contributed by atoms with van der Waals surface area (Å²) in [6, 6.07) is 5.33. The largest absolute Gasteiger partial charge is 0.443 e. The number of carbonyl (C=O) groups excluding carboxylic acids is 2. The first-order chi connectivity index (χ1) is 9.36. The zero-order chi connectivity index (χ0) is 14.8. The number of rotatable bonds is 2. The molecular formula is C11H8Cl3N3O3. The number of halogens is 3. The Morgan fingerprint density at radius 1 is 1.40 bits per heavy atom. The maximum atomic E-state index is 11.3. The molecule has 0 saturated heterocycles. The standard InChI is InChI=1S/C11H8Cl3N3O3/c12-11(13,14)9(18)17-10(19)20-5-6-4-8-7(16-6)2-1-3-15-8/h1-4,16H,5H2,(H,17,18,19). The fourth-order valence-electron chi connectivity index (χ4n) is 1.43. The topological polar surface area (TPSA) is 84.1 Å². The summed E-state index contributed by atoms with van der Waals surface area (Å²) in [5.41, 5.74) is 2.17. The second-order valence-electron chi connectivity index (χ2n) is 3.76. The number of hydrogen-bond donors (Lipinski definition) is 2. The number of hydrogen-bond acceptors (Lipinski definition) is 4. The fraction of sp³-hybridized carbons (Fsp3) is 0.182. The molecule has 2 N–H and O–H groups in total. The first kappa shape index (κ1) is 14.9. The van der Waals surface area contributed by atoms with E-state index in [0.29, 0.717) is 5.69 Å². The molecule has 20 heavy (non-hydrogen) atoms. The molecule has 2 aromatic heterocycles. The van der Waals surface area contributed by atoms with E-state index in [1.165, 1.54) is 0 Å². The minimum absolute atomic E-state index is 0.0741. The Morgan fingerprint density at radius 2 is 2.15 bits per heavy atom. The van der Waals surface area contributed by atoms with Crippen LogP contribution in [-0.4, -0.2) is 25.8 Å². The lowest BCUT2D eigenvalue weighted by atomic mass is 10.4. The van der Waals surface area contributed by atoms with E-state index in [4.69, 9.17) is 39.5 Å². The second kappa shape index (κ2) is 5.87. The summed E-state index contributed by atoms with van der Waals surface area (Å²) in [6.07, 6.45) is 0.639. The van der Waals surface area contributed by atoms with Gasteiger partial charge in [0.2, 0.25) is 0 Å². The van der Waals surface area contributed by atoms with Crippen LogP contribution in [0.4, 0.5) is 4.79 Å². The Morgan fingerprint density at radius 3 is 2.80 bits per heavy atom. The molecule has 9 heteroatoms. The fourth-order valence-corrected chi connectivity index (χ4v) is 1.57. The van der Waals surface area contributed by atoms with E-state index in [-0.39, 0.29) is 6.61 Å². The highest BCUT2D eigenvalue weighted by molar-refractivity contribution is 6.76. The highest BCUT2D eigenvalue weighted by Gasteiger charge is 2.32. The van der Waals surface area contributed by atoms with Crippen LogP contribution >= 0.6 is 34.8 Å². The lowest BCUT2D eigenvalue weighted by Crippen LogP contribution is -2.39. The maximum Gasteiger partial charge on any atom is 0.414 e. The first-order valence-electron chi connectivity index (χ1n) is 5.34. The van der Waals surface area contributed by atoms with Gasteiger partial charge in [-0.05, 0) is 18.2 Å². The molecule has 0 saturated carbocycles. The van der Waals surface area contributed by atoms with Gasteiger partial charge in [-0.3, -0.25) is 15.1 Å². The average Bonchev–Trinajstić information content (AvgIpc) is 2.78. The number of aromatic nitrogens is 2. The van der Waals surface area contributed by atoms with Gasteiger partial charge in [0, 0.05) is 6.20 Å². The zero-order valence-corrected chi connectivity index (χ0v) is 12.1. The molecule has 0 fully saturated rings. The SMILES string of the molecule is O=C(NC(=O)C(Cl)(Cl)Cl)OCc1cc2ncccc2[nH]1. The van der Waals surface area contributed by atoms with Crippen LogP contribution in [0.25, 0.3) is 11.0 Å². The van der Waals surface area contributed by atoms with Crippen LogP contribution in [-0.2, 0) is 16.1 Å². The third-order valence-electron chi connectivity index (χ3n) is 2.28. The molecular weight excluding hydrogens is 328 g/mol. The van der Waals surface area contributed by atoms with Crippen molar-refractivity contribution >= 4 is 57.8 Å². The Hall–Kier alpha value is -1.50. The van der Waals surface area contributed by atoms with Crippen LogP contribution in [0.15, 0.2) is 24.4 Å². The van der Waals surface area contributed by atoms with Crippen molar-refractivity contribution < 1.29 is 14.3 Å². The molecule has 0 spiro atoms. The van der Waals surface area contributed by atoms with Crippen molar-refractivity contribution in [2.75, 3.05) is 0 Å². The molecule has 0 aliphatic rings. The van der Waals surface area contributed by atoms with Gasteiger partial charge < -0.3 is 9.72 Å². The number of nitrogens with one attached hydrogen (secondary N) is 2. The third kappa shape index (κ3) is 3.75. The quantitative estimate of drug-likeness (QED) is 0.826. The van der Waals surface area contributed by atoms with Crippen molar-refractivity contribution in [1.29, 1.82) is 0 Å². The minimum atomic E-state index is -2.22. The predicted octanol–water partition coefficient (Wildman–Crippen LogP) is 2.69. The van der Waals surface area contributed by atoms with Gasteiger partial charge in [-0.1, -0.05) is 34.8 Å². The van der Waals surface area contributed by atoms with Crippen molar-refractivity contribution in [3.63, 3.8) is 0 Å². The summed E-state index contributed by atoms with van der Waals surface area (Å²) in [5.74, 6) is -1.08. The molecule has 0 bridgehead atoms. The number of amides is 2. The number of carbonyl (C=O) groups is 2. The normalized spacial score (nSPS) is 11.3. The summed E-state index contributed by atoms with van der Waals surface area (Å²) in [4.78, 5) is 29.7. The van der Waals surface area contributed by atoms with Gasteiger partial charge in [0.05, 0.1) is 16.7 Å². The van der Waals surface area contributed by atoms with Crippen molar-refractivity contribution in [3.8, 4) is 0 Å². The summed E-state index contributed by atoms with van der Waals surface area (Å²) < 4.78 is 2.60. The second-order valence-corrected chi connectivity index (χ2v) is 6.04. The molecule has 106 valence electrons. The van der Waals surface area contributed by atoms with Gasteiger partial charge in [-0.15, -0.1) is 0 Å². The molecule has 2 aromatic rings. The Balaban J connectivity index is 1.92. The number of ether oxygens (including phenoxy) is 1. The van der Waals surface area contributed by atoms with Gasteiger partial charge in [0.25, 0.3) is 9.70 Å². The van der Waals surface area contributed by atoms with Crippen molar-refractivity contribution in [2.45, 2.75) is 10.4 Å². The molecule has 2 heterocycles. The first-order valence-corrected chi connectivity index (χ1v) is 6.47. The summed E-state index contributed by atoms with van der Waals surface area (Å²) in [6.45, 7) is -0.0741. The van der Waals surface area contributed by atoms with Gasteiger partial charge in [-0.2, -0.15) is 0 Å². The number of imide groups is 1. The zero-order valence-electron chi connectivity index (χ0n) is 9.82. The lowest BCUT2D eigenvalue weighted by Gasteiger charge is -2.10. The number of aromatic amines is 1. The van der Waals surface area contributed by atoms with E-state index in [2.05, 4.69) is 9.97 Å². The number of nitrogens with zero attached hydrogens (tertiary/aromatic N) is 1. The Kier molecular flexibility index (Phi) is 4.37. The van der Waals surface area contributed by atoms with Crippen LogP contribution in [0.1, 0.15) is 5.69 Å². The van der Waals surface area contributed by atoms with Gasteiger partial charge in [0.15, 0.2) is 0 Å². The van der Waals surface area contributed by atoms with Crippen LogP contribution in [0.5, 0.6) is 0 Å². The van der Waals surface area contributed by atoms with Crippen molar-refractivity contribution in [2.24, 2.45) is 0 Å². The van der Waals surface area contributed by atoms with Crippen LogP contribution in [0.2, 0.25) is 0 Å². The number of alkyl halides is 3. The third-order valence-corrected chi connectivity index (χ3v) is 2.79. The van der Waals surface area contributed by atoms with Crippen molar-refractivity contribution in [1.82, 2.24) is 15.3 Å². The monoisotopic (exact) mass is 335 g/mol. The van der Waals surface area contributed by atoms with E-state index in [1.54, 1.807) is 23.6 Å². The predicted molar refractivity (Wildman–Crippen MR) is 74.7 cm³/mol. The van der Waals surface area contributed by atoms with Crippen LogP contribution < -0.4 is 5.32 Å². The molecule has 0 aromatic carbocycles. The average molecular weight is 337 g/mol. The number of pyridine rings is 1. The van der Waals surface area contributed by atoms with E-state index in [0.717, 1.165) is 11.0 Å². The van der Waals surface area contributed by atoms with E-state index < -0.39 is 15.8 Å². The summed E-state index contributed by atoms with van der Waals surface area (Å²) >= 11 is 15.9. The van der Waals surface area contributed by atoms with Crippen LogP contribution in [0.3, 0.4) is 0 Å². The van der Waals surface area contributed by atoms with Crippen LogP contribution in [0, 0.1) is 0 Å². The number of alkyl carbamates (subject to hydrolysis) is 1. The molecule has 6 nitrogen and oxygen atoms in total. The van der Waals surface area contributed by atoms with Gasteiger partial charge >= 0.3 is 6.09 Å². The molecule has 2 amide bonds. The smallest absolute Gasteiger partial charge is 0.414 e. The molecule has 0 aliphatic heterocycles. The maximum absolute atomic E-state index is 11.3. The molecule has 0 atom stereocenters.